The minimum absolute atomic E-state index is 0.00681. The number of nitrogens with zero attached hydrogens (tertiary/aromatic N) is 1. The molecule has 108 valence electrons. The summed E-state index contributed by atoms with van der Waals surface area (Å²) in [4.78, 5) is 26.4. The van der Waals surface area contributed by atoms with Crippen LogP contribution in [0.2, 0.25) is 0 Å². The molecule has 1 saturated heterocycles. The second-order valence-electron chi connectivity index (χ2n) is 5.45. The number of hydrogen-bond donors (Lipinski definition) is 1. The Labute approximate surface area is 120 Å². The van der Waals surface area contributed by atoms with Crippen molar-refractivity contribution in [3.8, 4) is 0 Å². The summed E-state index contributed by atoms with van der Waals surface area (Å²) in [7, 11) is 0. The zero-order chi connectivity index (χ0) is 14.9. The number of hydrogen-bond acceptors (Lipinski definition) is 2. The Bertz CT molecular complexity index is 539. The molecule has 0 spiro atoms. The Hall–Kier alpha value is -1.84. The highest BCUT2D eigenvalue weighted by Gasteiger charge is 2.38. The number of rotatable bonds is 3. The number of aryl methyl sites for hydroxylation is 1. The fraction of sp³-hybridized carbons (Fsp3) is 0.500. The summed E-state index contributed by atoms with van der Waals surface area (Å²) in [5, 5.41) is 2.82. The largest absolute Gasteiger partial charge is 0.342 e. The monoisotopic (exact) mass is 274 g/mol. The Morgan fingerprint density at radius 3 is 2.60 bits per heavy atom. The number of anilines is 1. The quantitative estimate of drug-likeness (QED) is 0.919. The standard InChI is InChI=1S/C16H22N2O2/c1-5-7-13-16(20)18(12(4)15(19)17-13)14-9-6-8-10(2)11(14)3/h6,8-9,12-13H,5,7H2,1-4H3,(H,17,19). The molecule has 1 aromatic rings. The van der Waals surface area contributed by atoms with Crippen LogP contribution < -0.4 is 10.2 Å². The molecule has 2 unspecified atom stereocenters. The van der Waals surface area contributed by atoms with Crippen LogP contribution in [0.25, 0.3) is 0 Å². The van der Waals surface area contributed by atoms with E-state index in [0.717, 1.165) is 23.2 Å². The zero-order valence-electron chi connectivity index (χ0n) is 12.6. The molecule has 0 aromatic heterocycles. The first-order valence-electron chi connectivity index (χ1n) is 7.17. The fourth-order valence-electron chi connectivity index (χ4n) is 2.64. The summed E-state index contributed by atoms with van der Waals surface area (Å²) in [6.07, 6.45) is 1.55. The van der Waals surface area contributed by atoms with Gasteiger partial charge in [-0.15, -0.1) is 0 Å². The van der Waals surface area contributed by atoms with Gasteiger partial charge < -0.3 is 5.32 Å². The third-order valence-electron chi connectivity index (χ3n) is 4.03. The van der Waals surface area contributed by atoms with Crippen LogP contribution in [0.1, 0.15) is 37.8 Å². The normalized spacial score (nSPS) is 22.9. The van der Waals surface area contributed by atoms with Crippen molar-refractivity contribution in [2.75, 3.05) is 4.90 Å². The van der Waals surface area contributed by atoms with Gasteiger partial charge in [0.05, 0.1) is 0 Å². The molecule has 2 amide bonds. The highest BCUT2D eigenvalue weighted by molar-refractivity contribution is 6.08. The van der Waals surface area contributed by atoms with Crippen molar-refractivity contribution >= 4 is 17.5 Å². The van der Waals surface area contributed by atoms with Gasteiger partial charge in [0, 0.05) is 5.69 Å². The molecule has 20 heavy (non-hydrogen) atoms. The highest BCUT2D eigenvalue weighted by Crippen LogP contribution is 2.27. The van der Waals surface area contributed by atoms with Crippen molar-refractivity contribution in [2.45, 2.75) is 52.6 Å². The van der Waals surface area contributed by atoms with Gasteiger partial charge in [-0.1, -0.05) is 25.5 Å². The molecule has 0 saturated carbocycles. The van der Waals surface area contributed by atoms with Gasteiger partial charge in [0.1, 0.15) is 12.1 Å². The van der Waals surface area contributed by atoms with Crippen molar-refractivity contribution < 1.29 is 9.59 Å². The fourth-order valence-corrected chi connectivity index (χ4v) is 2.64. The van der Waals surface area contributed by atoms with Crippen LogP contribution in [-0.4, -0.2) is 23.9 Å². The van der Waals surface area contributed by atoms with Crippen molar-refractivity contribution in [3.63, 3.8) is 0 Å². The molecule has 1 N–H and O–H groups in total. The predicted molar refractivity (Wildman–Crippen MR) is 79.7 cm³/mol. The van der Waals surface area contributed by atoms with E-state index < -0.39 is 12.1 Å². The van der Waals surface area contributed by atoms with E-state index >= 15 is 0 Å². The lowest BCUT2D eigenvalue weighted by molar-refractivity contribution is -0.133. The van der Waals surface area contributed by atoms with Gasteiger partial charge >= 0.3 is 0 Å². The number of amides is 2. The van der Waals surface area contributed by atoms with Crippen molar-refractivity contribution in [2.24, 2.45) is 0 Å². The average molecular weight is 274 g/mol. The molecular weight excluding hydrogens is 252 g/mol. The van der Waals surface area contributed by atoms with Crippen LogP contribution in [-0.2, 0) is 9.59 Å². The number of carbonyl (C=O) groups excluding carboxylic acids is 2. The smallest absolute Gasteiger partial charge is 0.250 e. The Morgan fingerprint density at radius 1 is 1.25 bits per heavy atom. The van der Waals surface area contributed by atoms with Gasteiger partial charge in [0.2, 0.25) is 11.8 Å². The molecule has 0 aliphatic carbocycles. The van der Waals surface area contributed by atoms with Crippen LogP contribution in [0.5, 0.6) is 0 Å². The van der Waals surface area contributed by atoms with Gasteiger partial charge in [-0.3, -0.25) is 14.5 Å². The summed E-state index contributed by atoms with van der Waals surface area (Å²) in [6.45, 7) is 7.80. The molecular formula is C16H22N2O2. The van der Waals surface area contributed by atoms with Gasteiger partial charge in [-0.05, 0) is 44.4 Å². The van der Waals surface area contributed by atoms with E-state index in [4.69, 9.17) is 0 Å². The first kappa shape index (κ1) is 14.6. The maximum atomic E-state index is 12.6. The Morgan fingerprint density at radius 2 is 1.95 bits per heavy atom. The Balaban J connectivity index is 2.43. The lowest BCUT2D eigenvalue weighted by atomic mass is 10.0. The molecule has 4 heteroatoms. The van der Waals surface area contributed by atoms with Gasteiger partial charge in [-0.2, -0.15) is 0 Å². The maximum Gasteiger partial charge on any atom is 0.250 e. The minimum atomic E-state index is -0.462. The second-order valence-corrected chi connectivity index (χ2v) is 5.45. The van der Waals surface area contributed by atoms with E-state index in [0.29, 0.717) is 6.42 Å². The Kier molecular flexibility index (Phi) is 4.12. The molecule has 1 fully saturated rings. The lowest BCUT2D eigenvalue weighted by Crippen LogP contribution is -2.62. The SMILES string of the molecule is CCCC1NC(=O)C(C)N(c2cccc(C)c2C)C1=O. The van der Waals surface area contributed by atoms with Crippen molar-refractivity contribution in [1.29, 1.82) is 0 Å². The van der Waals surface area contributed by atoms with E-state index in [1.807, 2.05) is 39.0 Å². The first-order valence-corrected chi connectivity index (χ1v) is 7.17. The van der Waals surface area contributed by atoms with E-state index in [2.05, 4.69) is 5.32 Å². The average Bonchev–Trinajstić information content (AvgIpc) is 2.41. The number of nitrogens with one attached hydrogen (secondary N) is 1. The predicted octanol–water partition coefficient (Wildman–Crippen LogP) is 2.32. The maximum absolute atomic E-state index is 12.6. The molecule has 1 heterocycles. The van der Waals surface area contributed by atoms with E-state index in [1.165, 1.54) is 0 Å². The van der Waals surface area contributed by atoms with Gasteiger partial charge in [0.25, 0.3) is 0 Å². The summed E-state index contributed by atoms with van der Waals surface area (Å²) in [5.74, 6) is -0.0865. The van der Waals surface area contributed by atoms with E-state index in [1.54, 1.807) is 11.8 Å². The molecule has 2 rings (SSSR count). The minimum Gasteiger partial charge on any atom is -0.342 e. The molecule has 1 aliphatic heterocycles. The van der Waals surface area contributed by atoms with Gasteiger partial charge in [-0.25, -0.2) is 0 Å². The summed E-state index contributed by atoms with van der Waals surface area (Å²) < 4.78 is 0. The van der Waals surface area contributed by atoms with E-state index in [9.17, 15) is 9.59 Å². The van der Waals surface area contributed by atoms with E-state index in [-0.39, 0.29) is 11.8 Å². The third kappa shape index (κ3) is 2.42. The number of piperazine rings is 1. The molecule has 0 radical (unpaired) electrons. The third-order valence-corrected chi connectivity index (χ3v) is 4.03. The number of benzene rings is 1. The van der Waals surface area contributed by atoms with Crippen molar-refractivity contribution in [3.05, 3.63) is 29.3 Å². The molecule has 0 bridgehead atoms. The number of carbonyl (C=O) groups is 2. The highest BCUT2D eigenvalue weighted by atomic mass is 16.2. The van der Waals surface area contributed by atoms with Gasteiger partial charge in [0.15, 0.2) is 0 Å². The molecule has 2 atom stereocenters. The summed E-state index contributed by atoms with van der Waals surface area (Å²) >= 11 is 0. The van der Waals surface area contributed by atoms with Crippen LogP contribution in [0.3, 0.4) is 0 Å². The first-order chi connectivity index (χ1) is 9.47. The lowest BCUT2D eigenvalue weighted by Gasteiger charge is -2.38. The second kappa shape index (κ2) is 5.65. The summed E-state index contributed by atoms with van der Waals surface area (Å²) in [5.41, 5.74) is 3.02. The van der Waals surface area contributed by atoms with Crippen molar-refractivity contribution in [1.82, 2.24) is 5.32 Å². The zero-order valence-corrected chi connectivity index (χ0v) is 12.6. The van der Waals surface area contributed by atoms with Crippen LogP contribution in [0.4, 0.5) is 5.69 Å². The van der Waals surface area contributed by atoms with Crippen LogP contribution >= 0.6 is 0 Å². The topological polar surface area (TPSA) is 49.4 Å². The molecule has 1 aliphatic rings. The van der Waals surface area contributed by atoms with Crippen LogP contribution in [0, 0.1) is 13.8 Å². The van der Waals surface area contributed by atoms with Crippen LogP contribution in [0.15, 0.2) is 18.2 Å². The molecule has 1 aromatic carbocycles. The summed E-state index contributed by atoms with van der Waals surface area (Å²) in [6, 6.07) is 5.00. The molecule has 4 nitrogen and oxygen atoms in total.